The smallest absolute Gasteiger partial charge is 0.260 e. The van der Waals surface area contributed by atoms with Crippen molar-refractivity contribution in [3.8, 4) is 28.4 Å². The molecule has 0 unspecified atom stereocenters. The van der Waals surface area contributed by atoms with Crippen molar-refractivity contribution in [3.05, 3.63) is 52.8 Å². The van der Waals surface area contributed by atoms with Gasteiger partial charge in [0.2, 0.25) is 0 Å². The third-order valence-electron chi connectivity index (χ3n) is 3.55. The molecule has 0 saturated heterocycles. The number of hydrogen-bond donors (Lipinski definition) is 2. The minimum absolute atomic E-state index is 0.0779. The molecular formula is C17H15NO4. The summed E-state index contributed by atoms with van der Waals surface area (Å²) in [5.41, 5.74) is 1.02. The van der Waals surface area contributed by atoms with E-state index in [1.54, 1.807) is 24.3 Å². The van der Waals surface area contributed by atoms with Gasteiger partial charge in [-0.2, -0.15) is 0 Å². The van der Waals surface area contributed by atoms with E-state index in [-0.39, 0.29) is 16.9 Å². The third-order valence-corrected chi connectivity index (χ3v) is 3.55. The minimum Gasteiger partial charge on any atom is -0.506 e. The Morgan fingerprint density at radius 1 is 1.00 bits per heavy atom. The standard InChI is InChI=1S/C17H15NO4/c1-21-13-8-11-12(9-14(13)22-2)18-17(20)15(16(11)19)10-6-4-3-5-7-10/h3-9H,1-2H3,(H2,18,19,20). The number of rotatable bonds is 3. The topological polar surface area (TPSA) is 71.6 Å². The largest absolute Gasteiger partial charge is 0.506 e. The minimum atomic E-state index is -0.358. The molecule has 22 heavy (non-hydrogen) atoms. The number of hydrogen-bond acceptors (Lipinski definition) is 4. The fraction of sp³-hybridized carbons (Fsp3) is 0.118. The molecule has 0 amide bonds. The first-order valence-electron chi connectivity index (χ1n) is 6.72. The van der Waals surface area contributed by atoms with Crippen molar-refractivity contribution in [1.29, 1.82) is 0 Å². The fourth-order valence-electron chi connectivity index (χ4n) is 2.48. The second-order valence-corrected chi connectivity index (χ2v) is 4.80. The van der Waals surface area contributed by atoms with E-state index in [1.165, 1.54) is 14.2 Å². The van der Waals surface area contributed by atoms with Gasteiger partial charge >= 0.3 is 0 Å². The predicted octanol–water partition coefficient (Wildman–Crippen LogP) is 2.92. The zero-order valence-corrected chi connectivity index (χ0v) is 12.2. The molecule has 3 rings (SSSR count). The van der Waals surface area contributed by atoms with E-state index in [0.29, 0.717) is 28.0 Å². The van der Waals surface area contributed by atoms with Gasteiger partial charge < -0.3 is 19.6 Å². The molecule has 0 fully saturated rings. The van der Waals surface area contributed by atoms with Gasteiger partial charge in [0.05, 0.1) is 25.3 Å². The van der Waals surface area contributed by atoms with Crippen molar-refractivity contribution >= 4 is 10.9 Å². The molecule has 0 radical (unpaired) electrons. The average Bonchev–Trinajstić information content (AvgIpc) is 2.54. The summed E-state index contributed by atoms with van der Waals surface area (Å²) in [6, 6.07) is 12.3. The molecule has 1 heterocycles. The molecule has 0 aliphatic rings. The van der Waals surface area contributed by atoms with Gasteiger partial charge in [-0.15, -0.1) is 0 Å². The molecule has 0 aliphatic heterocycles. The Kier molecular flexibility index (Phi) is 3.47. The molecule has 0 spiro atoms. The third kappa shape index (κ3) is 2.16. The second-order valence-electron chi connectivity index (χ2n) is 4.80. The number of fused-ring (bicyclic) bond motifs is 1. The quantitative estimate of drug-likeness (QED) is 0.779. The van der Waals surface area contributed by atoms with Crippen LogP contribution in [0.2, 0.25) is 0 Å². The Bertz CT molecular complexity index is 885. The maximum Gasteiger partial charge on any atom is 0.260 e. The van der Waals surface area contributed by atoms with Gasteiger partial charge in [0.15, 0.2) is 11.5 Å². The maximum atomic E-state index is 12.3. The highest BCUT2D eigenvalue weighted by molar-refractivity contribution is 5.93. The Labute approximate surface area is 126 Å². The molecule has 5 nitrogen and oxygen atoms in total. The number of pyridine rings is 1. The Balaban J connectivity index is 2.35. The maximum absolute atomic E-state index is 12.3. The van der Waals surface area contributed by atoms with E-state index in [4.69, 9.17) is 9.47 Å². The monoisotopic (exact) mass is 297 g/mol. The van der Waals surface area contributed by atoms with Crippen LogP contribution in [0.25, 0.3) is 22.0 Å². The summed E-state index contributed by atoms with van der Waals surface area (Å²) in [5, 5.41) is 11.0. The molecule has 112 valence electrons. The fourth-order valence-corrected chi connectivity index (χ4v) is 2.48. The highest BCUT2D eigenvalue weighted by atomic mass is 16.5. The second kappa shape index (κ2) is 5.44. The normalized spacial score (nSPS) is 10.6. The Hall–Kier alpha value is -2.95. The van der Waals surface area contributed by atoms with Crippen LogP contribution in [0.4, 0.5) is 0 Å². The van der Waals surface area contributed by atoms with Crippen LogP contribution in [0.15, 0.2) is 47.3 Å². The van der Waals surface area contributed by atoms with Crippen LogP contribution < -0.4 is 15.0 Å². The first-order chi connectivity index (χ1) is 10.7. The number of benzene rings is 2. The van der Waals surface area contributed by atoms with E-state index < -0.39 is 0 Å². The van der Waals surface area contributed by atoms with Crippen LogP contribution in [-0.2, 0) is 0 Å². The Morgan fingerprint density at radius 3 is 2.27 bits per heavy atom. The molecule has 5 heteroatoms. The molecular weight excluding hydrogens is 282 g/mol. The molecule has 0 atom stereocenters. The lowest BCUT2D eigenvalue weighted by Gasteiger charge is -2.12. The van der Waals surface area contributed by atoms with Gasteiger partial charge in [-0.3, -0.25) is 4.79 Å². The highest BCUT2D eigenvalue weighted by Crippen LogP contribution is 2.38. The van der Waals surface area contributed by atoms with Crippen LogP contribution in [0, 0.1) is 0 Å². The molecule has 1 aromatic heterocycles. The zero-order chi connectivity index (χ0) is 15.7. The van der Waals surface area contributed by atoms with E-state index in [1.807, 2.05) is 18.2 Å². The lowest BCUT2D eigenvalue weighted by molar-refractivity contribution is 0.355. The van der Waals surface area contributed by atoms with Crippen LogP contribution in [0.5, 0.6) is 17.2 Å². The van der Waals surface area contributed by atoms with Crippen molar-refractivity contribution in [2.75, 3.05) is 14.2 Å². The number of methoxy groups -OCH3 is 2. The summed E-state index contributed by atoms with van der Waals surface area (Å²) < 4.78 is 10.5. The van der Waals surface area contributed by atoms with Crippen molar-refractivity contribution in [2.45, 2.75) is 0 Å². The number of aromatic nitrogens is 1. The van der Waals surface area contributed by atoms with Crippen molar-refractivity contribution < 1.29 is 14.6 Å². The van der Waals surface area contributed by atoms with E-state index in [0.717, 1.165) is 0 Å². The summed E-state index contributed by atoms with van der Waals surface area (Å²) in [6.45, 7) is 0. The van der Waals surface area contributed by atoms with Crippen LogP contribution in [-0.4, -0.2) is 24.3 Å². The lowest BCUT2D eigenvalue weighted by atomic mass is 10.0. The van der Waals surface area contributed by atoms with Crippen molar-refractivity contribution in [1.82, 2.24) is 4.98 Å². The van der Waals surface area contributed by atoms with E-state index in [9.17, 15) is 9.90 Å². The summed E-state index contributed by atoms with van der Waals surface area (Å²) in [5.74, 6) is 0.889. The Morgan fingerprint density at radius 2 is 1.64 bits per heavy atom. The van der Waals surface area contributed by atoms with Gasteiger partial charge in [0, 0.05) is 11.5 Å². The number of aromatic amines is 1. The van der Waals surface area contributed by atoms with Crippen LogP contribution in [0.3, 0.4) is 0 Å². The zero-order valence-electron chi connectivity index (χ0n) is 12.2. The number of ether oxygens (including phenoxy) is 2. The van der Waals surface area contributed by atoms with Gasteiger partial charge in [0.25, 0.3) is 5.56 Å². The predicted molar refractivity (Wildman–Crippen MR) is 84.8 cm³/mol. The molecule has 3 aromatic rings. The van der Waals surface area contributed by atoms with Crippen molar-refractivity contribution in [2.24, 2.45) is 0 Å². The first kappa shape index (κ1) is 14.0. The van der Waals surface area contributed by atoms with Gasteiger partial charge in [-0.25, -0.2) is 0 Å². The van der Waals surface area contributed by atoms with Gasteiger partial charge in [-0.1, -0.05) is 30.3 Å². The molecule has 0 aliphatic carbocycles. The summed E-state index contributed by atoms with van der Waals surface area (Å²) >= 11 is 0. The SMILES string of the molecule is COc1cc2[nH]c(=O)c(-c3ccccc3)c(O)c2cc1OC. The molecule has 0 saturated carbocycles. The van der Waals surface area contributed by atoms with Crippen molar-refractivity contribution in [3.63, 3.8) is 0 Å². The van der Waals surface area contributed by atoms with Crippen LogP contribution in [0.1, 0.15) is 0 Å². The number of aromatic hydroxyl groups is 1. The van der Waals surface area contributed by atoms with Gasteiger partial charge in [0.1, 0.15) is 5.75 Å². The summed E-state index contributed by atoms with van der Waals surface area (Å²) in [6.07, 6.45) is 0. The highest BCUT2D eigenvalue weighted by Gasteiger charge is 2.16. The molecule has 2 N–H and O–H groups in total. The van der Waals surface area contributed by atoms with E-state index in [2.05, 4.69) is 4.98 Å². The summed E-state index contributed by atoms with van der Waals surface area (Å²) in [4.78, 5) is 15.1. The number of nitrogens with one attached hydrogen (secondary N) is 1. The number of H-pyrrole nitrogens is 1. The van der Waals surface area contributed by atoms with E-state index >= 15 is 0 Å². The molecule has 2 aromatic carbocycles. The van der Waals surface area contributed by atoms with Crippen LogP contribution >= 0.6 is 0 Å². The summed E-state index contributed by atoms with van der Waals surface area (Å²) in [7, 11) is 3.03. The first-order valence-corrected chi connectivity index (χ1v) is 6.72. The average molecular weight is 297 g/mol. The lowest BCUT2D eigenvalue weighted by Crippen LogP contribution is -2.09. The molecule has 0 bridgehead atoms. The van der Waals surface area contributed by atoms with Gasteiger partial charge in [-0.05, 0) is 11.6 Å².